The second-order valence-corrected chi connectivity index (χ2v) is 4.52. The molecule has 0 fully saturated rings. The van der Waals surface area contributed by atoms with Crippen molar-refractivity contribution in [2.75, 3.05) is 18.4 Å². The number of urea groups is 1. The van der Waals surface area contributed by atoms with Gasteiger partial charge in [0.1, 0.15) is 13.1 Å². The van der Waals surface area contributed by atoms with Crippen molar-refractivity contribution in [1.29, 1.82) is 0 Å². The summed E-state index contributed by atoms with van der Waals surface area (Å²) in [5.74, 6) is -2.00. The van der Waals surface area contributed by atoms with E-state index in [1.165, 1.54) is 0 Å². The van der Waals surface area contributed by atoms with Crippen LogP contribution in [0.5, 0.6) is 0 Å². The van der Waals surface area contributed by atoms with Crippen LogP contribution >= 0.6 is 0 Å². The fourth-order valence-corrected chi connectivity index (χ4v) is 1.80. The molecule has 1 aromatic rings. The summed E-state index contributed by atoms with van der Waals surface area (Å²) in [6.45, 7) is 2.70. The van der Waals surface area contributed by atoms with Crippen LogP contribution in [0.1, 0.15) is 11.1 Å². The van der Waals surface area contributed by atoms with Crippen molar-refractivity contribution >= 4 is 23.6 Å². The van der Waals surface area contributed by atoms with E-state index in [9.17, 15) is 14.4 Å². The number of carboxylic acid groups (broad SMARTS) is 1. The summed E-state index contributed by atoms with van der Waals surface area (Å²) in [5, 5.41) is 11.3. The SMILES string of the molecule is Cc1cc(C)cc(NC(=O)N(CC(N)=O)CC(=O)O)c1. The third-order valence-electron chi connectivity index (χ3n) is 2.43. The van der Waals surface area contributed by atoms with Gasteiger partial charge < -0.3 is 21.1 Å². The fraction of sp³-hybridized carbons (Fsp3) is 0.308. The van der Waals surface area contributed by atoms with Crippen molar-refractivity contribution in [2.24, 2.45) is 5.73 Å². The summed E-state index contributed by atoms with van der Waals surface area (Å²) in [6.07, 6.45) is 0. The second-order valence-electron chi connectivity index (χ2n) is 4.52. The van der Waals surface area contributed by atoms with E-state index in [4.69, 9.17) is 10.8 Å². The summed E-state index contributed by atoms with van der Waals surface area (Å²) in [7, 11) is 0. The van der Waals surface area contributed by atoms with Crippen molar-refractivity contribution in [3.8, 4) is 0 Å². The molecule has 0 aromatic heterocycles. The quantitative estimate of drug-likeness (QED) is 0.736. The Morgan fingerprint density at radius 2 is 1.70 bits per heavy atom. The van der Waals surface area contributed by atoms with Gasteiger partial charge in [0, 0.05) is 5.69 Å². The minimum absolute atomic E-state index is 0.455. The number of aryl methyl sites for hydroxylation is 2. The number of rotatable bonds is 5. The predicted octanol–water partition coefficient (Wildman–Crippen LogP) is 0.707. The molecule has 4 N–H and O–H groups in total. The highest BCUT2D eigenvalue weighted by atomic mass is 16.4. The van der Waals surface area contributed by atoms with Crippen molar-refractivity contribution in [1.82, 2.24) is 4.90 Å². The zero-order chi connectivity index (χ0) is 15.3. The molecule has 1 aromatic carbocycles. The van der Waals surface area contributed by atoms with Crippen molar-refractivity contribution in [2.45, 2.75) is 13.8 Å². The predicted molar refractivity (Wildman–Crippen MR) is 73.3 cm³/mol. The van der Waals surface area contributed by atoms with Gasteiger partial charge in [-0.15, -0.1) is 0 Å². The van der Waals surface area contributed by atoms with E-state index < -0.39 is 31.0 Å². The van der Waals surface area contributed by atoms with E-state index in [1.807, 2.05) is 19.9 Å². The van der Waals surface area contributed by atoms with Gasteiger partial charge in [-0.25, -0.2) is 4.79 Å². The summed E-state index contributed by atoms with van der Waals surface area (Å²) in [6, 6.07) is 4.74. The molecule has 0 spiro atoms. The van der Waals surface area contributed by atoms with E-state index in [1.54, 1.807) is 12.1 Å². The Morgan fingerprint density at radius 3 is 2.15 bits per heavy atom. The molecule has 3 amide bonds. The molecule has 1 rings (SSSR count). The van der Waals surface area contributed by atoms with Gasteiger partial charge >= 0.3 is 12.0 Å². The van der Waals surface area contributed by atoms with Crippen LogP contribution in [-0.4, -0.2) is 41.0 Å². The number of carboxylic acids is 1. The topological polar surface area (TPSA) is 113 Å². The smallest absolute Gasteiger partial charge is 0.323 e. The normalized spacial score (nSPS) is 9.90. The van der Waals surface area contributed by atoms with Crippen LogP contribution < -0.4 is 11.1 Å². The number of anilines is 1. The monoisotopic (exact) mass is 279 g/mol. The van der Waals surface area contributed by atoms with E-state index >= 15 is 0 Å². The number of aliphatic carboxylic acids is 1. The average Bonchev–Trinajstić information content (AvgIpc) is 2.24. The lowest BCUT2D eigenvalue weighted by Gasteiger charge is -2.19. The standard InChI is InChI=1S/C13H17N3O4/c1-8-3-9(2)5-10(4-8)15-13(20)16(6-11(14)17)7-12(18)19/h3-5H,6-7H2,1-2H3,(H2,14,17)(H,15,20)(H,18,19). The largest absolute Gasteiger partial charge is 0.480 e. The fourth-order valence-electron chi connectivity index (χ4n) is 1.80. The molecule has 0 radical (unpaired) electrons. The molecule has 0 unspecified atom stereocenters. The first-order chi connectivity index (χ1) is 9.27. The number of primary amides is 1. The number of hydrogen-bond acceptors (Lipinski definition) is 3. The third kappa shape index (κ3) is 4.97. The molecular formula is C13H17N3O4. The first-order valence-corrected chi connectivity index (χ1v) is 5.92. The second kappa shape index (κ2) is 6.55. The van der Waals surface area contributed by atoms with Gasteiger partial charge in [-0.2, -0.15) is 0 Å². The molecule has 0 aliphatic rings. The maximum absolute atomic E-state index is 11.9. The molecule has 20 heavy (non-hydrogen) atoms. The highest BCUT2D eigenvalue weighted by Crippen LogP contribution is 2.14. The van der Waals surface area contributed by atoms with Crippen molar-refractivity contribution < 1.29 is 19.5 Å². The van der Waals surface area contributed by atoms with E-state index in [2.05, 4.69) is 5.32 Å². The van der Waals surface area contributed by atoms with Crippen LogP contribution in [0.15, 0.2) is 18.2 Å². The molecule has 0 aliphatic heterocycles. The zero-order valence-electron chi connectivity index (χ0n) is 11.3. The molecule has 0 atom stereocenters. The average molecular weight is 279 g/mol. The molecule has 0 saturated carbocycles. The van der Waals surface area contributed by atoms with Crippen molar-refractivity contribution in [3.05, 3.63) is 29.3 Å². The summed E-state index contributed by atoms with van der Waals surface area (Å²) in [4.78, 5) is 34.3. The molecular weight excluding hydrogens is 262 g/mol. The molecule has 0 saturated heterocycles. The lowest BCUT2D eigenvalue weighted by molar-refractivity contribution is -0.137. The van der Waals surface area contributed by atoms with Gasteiger partial charge in [-0.05, 0) is 37.1 Å². The first kappa shape index (κ1) is 15.5. The number of amides is 3. The van der Waals surface area contributed by atoms with Crippen LogP contribution in [0.3, 0.4) is 0 Å². The maximum atomic E-state index is 11.9. The minimum atomic E-state index is -1.22. The van der Waals surface area contributed by atoms with E-state index in [0.29, 0.717) is 5.69 Å². The van der Waals surface area contributed by atoms with Gasteiger partial charge in [0.25, 0.3) is 0 Å². The maximum Gasteiger partial charge on any atom is 0.323 e. The molecule has 0 heterocycles. The Hall–Kier alpha value is -2.57. The molecule has 7 heteroatoms. The molecule has 108 valence electrons. The number of nitrogens with one attached hydrogen (secondary N) is 1. The summed E-state index contributed by atoms with van der Waals surface area (Å²) in [5.41, 5.74) is 7.45. The van der Waals surface area contributed by atoms with E-state index in [-0.39, 0.29) is 0 Å². The minimum Gasteiger partial charge on any atom is -0.480 e. The Kier molecular flexibility index (Phi) is 5.08. The Labute approximate surface area is 116 Å². The lowest BCUT2D eigenvalue weighted by atomic mass is 10.1. The highest BCUT2D eigenvalue weighted by Gasteiger charge is 2.18. The zero-order valence-corrected chi connectivity index (χ0v) is 11.3. The number of hydrogen-bond donors (Lipinski definition) is 3. The number of carbonyl (C=O) groups is 3. The highest BCUT2D eigenvalue weighted by molar-refractivity contribution is 5.94. The van der Waals surface area contributed by atoms with Crippen molar-refractivity contribution in [3.63, 3.8) is 0 Å². The van der Waals surface area contributed by atoms with Gasteiger partial charge in [-0.3, -0.25) is 9.59 Å². The van der Waals surface area contributed by atoms with Crippen LogP contribution in [-0.2, 0) is 9.59 Å². The van der Waals surface area contributed by atoms with Gasteiger partial charge in [-0.1, -0.05) is 6.07 Å². The third-order valence-corrected chi connectivity index (χ3v) is 2.43. The number of nitrogens with zero attached hydrogens (tertiary/aromatic N) is 1. The number of carbonyl (C=O) groups excluding carboxylic acids is 2. The van der Waals surface area contributed by atoms with E-state index in [0.717, 1.165) is 16.0 Å². The first-order valence-electron chi connectivity index (χ1n) is 5.92. The van der Waals surface area contributed by atoms with Crippen LogP contribution in [0, 0.1) is 13.8 Å². The lowest BCUT2D eigenvalue weighted by Crippen LogP contribution is -2.43. The van der Waals surface area contributed by atoms with Crippen LogP contribution in [0.4, 0.5) is 10.5 Å². The molecule has 0 aliphatic carbocycles. The van der Waals surface area contributed by atoms with Gasteiger partial charge in [0.05, 0.1) is 0 Å². The summed E-state index contributed by atoms with van der Waals surface area (Å²) >= 11 is 0. The Bertz CT molecular complexity index is 506. The molecule has 0 bridgehead atoms. The number of nitrogens with two attached hydrogens (primary N) is 1. The Morgan fingerprint density at radius 1 is 1.15 bits per heavy atom. The van der Waals surface area contributed by atoms with Crippen LogP contribution in [0.2, 0.25) is 0 Å². The number of benzene rings is 1. The van der Waals surface area contributed by atoms with Gasteiger partial charge in [0.2, 0.25) is 5.91 Å². The van der Waals surface area contributed by atoms with Crippen LogP contribution in [0.25, 0.3) is 0 Å². The molecule has 7 nitrogen and oxygen atoms in total. The Balaban J connectivity index is 2.83. The summed E-state index contributed by atoms with van der Waals surface area (Å²) < 4.78 is 0. The van der Waals surface area contributed by atoms with Gasteiger partial charge in [0.15, 0.2) is 0 Å².